The summed E-state index contributed by atoms with van der Waals surface area (Å²) >= 11 is 0. The predicted octanol–water partition coefficient (Wildman–Crippen LogP) is 1.43. The Balaban J connectivity index is 2.12. The van der Waals surface area contributed by atoms with E-state index in [1.54, 1.807) is 0 Å². The van der Waals surface area contributed by atoms with Crippen molar-refractivity contribution in [1.82, 2.24) is 15.2 Å². The summed E-state index contributed by atoms with van der Waals surface area (Å²) in [6.07, 6.45) is 3.09. The predicted molar refractivity (Wildman–Crippen MR) is 63.9 cm³/mol. The molecule has 0 aliphatic rings. The van der Waals surface area contributed by atoms with E-state index in [0.717, 1.165) is 25.3 Å². The molecule has 15 heavy (non-hydrogen) atoms. The maximum Gasteiger partial charge on any atom is 0.0541 e. The SMILES string of the molecule is Cc1ccc(CNCCCN(C)C)nc1. The summed E-state index contributed by atoms with van der Waals surface area (Å²) in [5, 5.41) is 3.39. The lowest BCUT2D eigenvalue weighted by Crippen LogP contribution is -2.21. The van der Waals surface area contributed by atoms with E-state index >= 15 is 0 Å². The van der Waals surface area contributed by atoms with Gasteiger partial charge in [0.05, 0.1) is 5.69 Å². The fourth-order valence-corrected chi connectivity index (χ4v) is 1.34. The first-order valence-corrected chi connectivity index (χ1v) is 5.45. The lowest BCUT2D eigenvalue weighted by molar-refractivity contribution is 0.394. The number of aromatic nitrogens is 1. The molecule has 0 radical (unpaired) electrons. The molecule has 0 atom stereocenters. The van der Waals surface area contributed by atoms with E-state index in [4.69, 9.17) is 0 Å². The molecule has 0 spiro atoms. The van der Waals surface area contributed by atoms with Crippen LogP contribution in [0.2, 0.25) is 0 Å². The van der Waals surface area contributed by atoms with Crippen LogP contribution < -0.4 is 5.32 Å². The third-order valence-electron chi connectivity index (χ3n) is 2.24. The number of rotatable bonds is 6. The number of pyridine rings is 1. The number of hydrogen-bond donors (Lipinski definition) is 1. The van der Waals surface area contributed by atoms with Gasteiger partial charge in [0.25, 0.3) is 0 Å². The molecule has 0 fully saturated rings. The smallest absolute Gasteiger partial charge is 0.0541 e. The van der Waals surface area contributed by atoms with Gasteiger partial charge in [0.2, 0.25) is 0 Å². The van der Waals surface area contributed by atoms with Gasteiger partial charge in [-0.1, -0.05) is 6.07 Å². The summed E-state index contributed by atoms with van der Waals surface area (Å²) in [5.41, 5.74) is 2.33. The lowest BCUT2D eigenvalue weighted by atomic mass is 10.3. The van der Waals surface area contributed by atoms with Gasteiger partial charge in [0.1, 0.15) is 0 Å². The number of aryl methyl sites for hydroxylation is 1. The Morgan fingerprint density at radius 3 is 2.73 bits per heavy atom. The van der Waals surface area contributed by atoms with Crippen molar-refractivity contribution in [1.29, 1.82) is 0 Å². The van der Waals surface area contributed by atoms with Gasteiger partial charge in [-0.3, -0.25) is 4.98 Å². The van der Waals surface area contributed by atoms with E-state index in [1.165, 1.54) is 12.0 Å². The van der Waals surface area contributed by atoms with Crippen molar-refractivity contribution in [3.8, 4) is 0 Å². The van der Waals surface area contributed by atoms with Crippen molar-refractivity contribution in [2.75, 3.05) is 27.2 Å². The zero-order valence-corrected chi connectivity index (χ0v) is 9.95. The highest BCUT2D eigenvalue weighted by atomic mass is 15.1. The molecule has 3 heteroatoms. The molecule has 3 nitrogen and oxygen atoms in total. The van der Waals surface area contributed by atoms with Crippen LogP contribution in [0.15, 0.2) is 18.3 Å². The number of nitrogens with one attached hydrogen (secondary N) is 1. The summed E-state index contributed by atoms with van der Waals surface area (Å²) < 4.78 is 0. The summed E-state index contributed by atoms with van der Waals surface area (Å²) in [7, 11) is 4.20. The molecule has 0 aromatic carbocycles. The monoisotopic (exact) mass is 207 g/mol. The average molecular weight is 207 g/mol. The molecule has 0 aliphatic carbocycles. The first-order valence-electron chi connectivity index (χ1n) is 5.45. The second-order valence-corrected chi connectivity index (χ2v) is 4.16. The highest BCUT2D eigenvalue weighted by Gasteiger charge is 1.94. The van der Waals surface area contributed by atoms with Crippen molar-refractivity contribution in [2.45, 2.75) is 19.9 Å². The van der Waals surface area contributed by atoms with Gasteiger partial charge >= 0.3 is 0 Å². The molecule has 0 amide bonds. The Morgan fingerprint density at radius 1 is 1.33 bits per heavy atom. The van der Waals surface area contributed by atoms with Crippen LogP contribution in [-0.4, -0.2) is 37.1 Å². The van der Waals surface area contributed by atoms with Crippen LogP contribution in [-0.2, 0) is 6.54 Å². The van der Waals surface area contributed by atoms with Gasteiger partial charge in [-0.05, 0) is 52.2 Å². The van der Waals surface area contributed by atoms with Crippen LogP contribution in [0, 0.1) is 6.92 Å². The summed E-state index contributed by atoms with van der Waals surface area (Å²) in [5.74, 6) is 0. The zero-order chi connectivity index (χ0) is 11.1. The fraction of sp³-hybridized carbons (Fsp3) is 0.583. The highest BCUT2D eigenvalue weighted by molar-refractivity contribution is 5.11. The standard InChI is InChI=1S/C12H21N3/c1-11-5-6-12(14-9-11)10-13-7-4-8-15(2)3/h5-6,9,13H,4,7-8,10H2,1-3H3. The minimum Gasteiger partial charge on any atom is -0.311 e. The van der Waals surface area contributed by atoms with E-state index in [-0.39, 0.29) is 0 Å². The first-order chi connectivity index (χ1) is 7.18. The first kappa shape index (κ1) is 12.1. The molecule has 0 aliphatic heterocycles. The van der Waals surface area contributed by atoms with Crippen molar-refractivity contribution in [3.63, 3.8) is 0 Å². The molecule has 84 valence electrons. The van der Waals surface area contributed by atoms with Crippen molar-refractivity contribution in [3.05, 3.63) is 29.6 Å². The second-order valence-electron chi connectivity index (χ2n) is 4.16. The molecular formula is C12H21N3. The largest absolute Gasteiger partial charge is 0.311 e. The molecule has 1 N–H and O–H groups in total. The topological polar surface area (TPSA) is 28.2 Å². The molecule has 1 rings (SSSR count). The van der Waals surface area contributed by atoms with Crippen LogP contribution in [0.5, 0.6) is 0 Å². The maximum atomic E-state index is 4.34. The normalized spacial score (nSPS) is 10.9. The van der Waals surface area contributed by atoms with Crippen molar-refractivity contribution < 1.29 is 0 Å². The third-order valence-corrected chi connectivity index (χ3v) is 2.24. The Labute approximate surface area is 92.5 Å². The van der Waals surface area contributed by atoms with Gasteiger partial charge in [0, 0.05) is 12.7 Å². The Morgan fingerprint density at radius 2 is 2.13 bits per heavy atom. The zero-order valence-electron chi connectivity index (χ0n) is 9.95. The van der Waals surface area contributed by atoms with Gasteiger partial charge in [-0.2, -0.15) is 0 Å². The number of nitrogens with zero attached hydrogens (tertiary/aromatic N) is 2. The Hall–Kier alpha value is -0.930. The molecule has 1 aromatic rings. The minimum atomic E-state index is 0.869. The van der Waals surface area contributed by atoms with Gasteiger partial charge in [-0.15, -0.1) is 0 Å². The minimum absolute atomic E-state index is 0.869. The molecular weight excluding hydrogens is 186 g/mol. The van der Waals surface area contributed by atoms with Gasteiger partial charge < -0.3 is 10.2 Å². The molecule has 1 heterocycles. The third kappa shape index (κ3) is 5.50. The molecule has 0 saturated heterocycles. The van der Waals surface area contributed by atoms with Crippen LogP contribution in [0.25, 0.3) is 0 Å². The van der Waals surface area contributed by atoms with Crippen LogP contribution in [0.4, 0.5) is 0 Å². The van der Waals surface area contributed by atoms with E-state index in [1.807, 2.05) is 6.20 Å². The van der Waals surface area contributed by atoms with E-state index in [2.05, 4.69) is 48.4 Å². The fourth-order valence-electron chi connectivity index (χ4n) is 1.34. The lowest BCUT2D eigenvalue weighted by Gasteiger charge is -2.09. The van der Waals surface area contributed by atoms with Crippen LogP contribution in [0.1, 0.15) is 17.7 Å². The van der Waals surface area contributed by atoms with Gasteiger partial charge in [0.15, 0.2) is 0 Å². The van der Waals surface area contributed by atoms with Crippen molar-refractivity contribution in [2.24, 2.45) is 0 Å². The maximum absolute atomic E-state index is 4.34. The Kier molecular flexibility index (Phi) is 5.29. The second kappa shape index (κ2) is 6.53. The van der Waals surface area contributed by atoms with Gasteiger partial charge in [-0.25, -0.2) is 0 Å². The Bertz CT molecular complexity index is 267. The van der Waals surface area contributed by atoms with Crippen LogP contribution in [0.3, 0.4) is 0 Å². The molecule has 1 aromatic heterocycles. The summed E-state index contributed by atoms with van der Waals surface area (Å²) in [6.45, 7) is 5.11. The number of hydrogen-bond acceptors (Lipinski definition) is 3. The van der Waals surface area contributed by atoms with Crippen LogP contribution >= 0.6 is 0 Å². The van der Waals surface area contributed by atoms with E-state index < -0.39 is 0 Å². The molecule has 0 unspecified atom stereocenters. The quantitative estimate of drug-likeness (QED) is 0.715. The molecule has 0 saturated carbocycles. The van der Waals surface area contributed by atoms with Crippen molar-refractivity contribution >= 4 is 0 Å². The van der Waals surface area contributed by atoms with E-state index in [9.17, 15) is 0 Å². The molecule has 0 bridgehead atoms. The summed E-state index contributed by atoms with van der Waals surface area (Å²) in [6, 6.07) is 4.18. The average Bonchev–Trinajstić information content (AvgIpc) is 2.20. The summed E-state index contributed by atoms with van der Waals surface area (Å²) in [4.78, 5) is 6.54. The highest BCUT2D eigenvalue weighted by Crippen LogP contribution is 1.97. The van der Waals surface area contributed by atoms with E-state index in [0.29, 0.717) is 0 Å².